The van der Waals surface area contributed by atoms with E-state index in [0.29, 0.717) is 0 Å². The molecule has 0 aromatic rings. The molecule has 15 heavy (non-hydrogen) atoms. The summed E-state index contributed by atoms with van der Waals surface area (Å²) < 4.78 is 11.6. The van der Waals surface area contributed by atoms with Gasteiger partial charge in [-0.15, -0.1) is 0 Å². The molecule has 0 amide bonds. The Balaban J connectivity index is -0.0000000833. The maximum Gasteiger partial charge on any atom is 0.310 e. The summed E-state index contributed by atoms with van der Waals surface area (Å²) in [5.41, 5.74) is 0. The van der Waals surface area contributed by atoms with Crippen molar-refractivity contribution in [3.05, 3.63) is 0 Å². The van der Waals surface area contributed by atoms with Crippen molar-refractivity contribution in [2.24, 2.45) is 0 Å². The minimum Gasteiger partial charge on any atom is -0.437 e. The zero-order valence-corrected chi connectivity index (χ0v) is 18.1. The van der Waals surface area contributed by atoms with Crippen LogP contribution in [0.1, 0.15) is 14.9 Å². The Hall–Kier alpha value is 2.78. The minimum absolute atomic E-state index is 0. The average Bonchev–Trinajstić information content (AvgIpc) is 1.53. The zero-order valence-electron chi connectivity index (χ0n) is 9.47. The van der Waals surface area contributed by atoms with Crippen molar-refractivity contribution >= 4 is 26.6 Å². The first-order valence-corrected chi connectivity index (χ1v) is 11.4. The van der Waals surface area contributed by atoms with Gasteiger partial charge >= 0.3 is 8.56 Å². The third-order valence-electron chi connectivity index (χ3n) is 0.900. The Kier molecular flexibility index (Phi) is 30.3. The molecule has 0 bridgehead atoms. The van der Waals surface area contributed by atoms with E-state index in [1.165, 1.54) is 0 Å². The molecule has 7 heteroatoms. The van der Waals surface area contributed by atoms with Gasteiger partial charge in [-0.1, -0.05) is 14.9 Å². The summed E-state index contributed by atoms with van der Waals surface area (Å²) in [6.07, 6.45) is 0. The van der Waals surface area contributed by atoms with Crippen molar-refractivity contribution in [1.82, 2.24) is 0 Å². The molecule has 0 aliphatic heterocycles. The fourth-order valence-electron chi connectivity index (χ4n) is 1.00. The molecule has 0 saturated heterocycles. The van der Waals surface area contributed by atoms with Gasteiger partial charge in [0.05, 0.1) is 0 Å². The van der Waals surface area contributed by atoms with E-state index in [0.717, 1.165) is 0 Å². The van der Waals surface area contributed by atoms with Gasteiger partial charge in [-0.05, 0) is 39.3 Å². The fraction of sp³-hybridized carbons (Fsp3) is 1.00. The van der Waals surface area contributed by atoms with E-state index in [-0.39, 0.29) is 80.3 Å². The largest absolute Gasteiger partial charge is 0.437 e. The molecule has 0 heterocycles. The Labute approximate surface area is 152 Å². The van der Waals surface area contributed by atoms with Gasteiger partial charge in [-0.2, -0.15) is 0 Å². The Morgan fingerprint density at radius 3 is 1.07 bits per heavy atom. The first kappa shape index (κ1) is 30.7. The van der Waals surface area contributed by atoms with Gasteiger partial charge in [0, 0.05) is 65.4 Å². The molecule has 0 unspecified atom stereocenters. The molecular formula is C8H26O2Si3Y2. The number of rotatable bonds is 4. The van der Waals surface area contributed by atoms with Gasteiger partial charge in [0.1, 0.15) is 0 Å². The summed E-state index contributed by atoms with van der Waals surface area (Å²) in [7, 11) is -2.91. The topological polar surface area (TPSA) is 18.5 Å². The van der Waals surface area contributed by atoms with Crippen molar-refractivity contribution in [2.75, 3.05) is 0 Å². The van der Waals surface area contributed by atoms with Crippen LogP contribution in [0.25, 0.3) is 0 Å². The van der Waals surface area contributed by atoms with Gasteiger partial charge in [0.25, 0.3) is 0 Å². The van der Waals surface area contributed by atoms with Crippen LogP contribution in [-0.2, 0) is 73.6 Å². The second-order valence-corrected chi connectivity index (χ2v) is 11.5. The molecule has 0 spiro atoms. The zero-order chi connectivity index (χ0) is 9.07. The van der Waals surface area contributed by atoms with Crippen LogP contribution in [0.5, 0.6) is 0 Å². The van der Waals surface area contributed by atoms with Gasteiger partial charge in [-0.3, -0.25) is 0 Å². The van der Waals surface area contributed by atoms with Crippen LogP contribution in [0.3, 0.4) is 0 Å². The summed E-state index contributed by atoms with van der Waals surface area (Å²) >= 11 is 0. The first-order valence-electron chi connectivity index (χ1n) is 3.82. The number of hydrogen-bond donors (Lipinski definition) is 0. The third-order valence-corrected chi connectivity index (χ3v) is 8.10. The quantitative estimate of drug-likeness (QED) is 0.654. The van der Waals surface area contributed by atoms with Crippen LogP contribution in [0.4, 0.5) is 0 Å². The molecule has 0 fully saturated rings. The molecular weight excluding hydrogens is 390 g/mol. The predicted octanol–water partition coefficient (Wildman–Crippen LogP) is 3.49. The molecule has 0 aliphatic carbocycles. The van der Waals surface area contributed by atoms with Crippen molar-refractivity contribution in [3.63, 3.8) is 0 Å². The van der Waals surface area contributed by atoms with Crippen molar-refractivity contribution in [1.29, 1.82) is 0 Å². The molecule has 0 saturated carbocycles. The maximum atomic E-state index is 5.79. The smallest absolute Gasteiger partial charge is 0.310 e. The summed E-state index contributed by atoms with van der Waals surface area (Å²) in [4.78, 5) is 0. The van der Waals surface area contributed by atoms with Gasteiger partial charge < -0.3 is 8.23 Å². The van der Waals surface area contributed by atoms with E-state index in [2.05, 4.69) is 39.3 Å². The van der Waals surface area contributed by atoms with Crippen molar-refractivity contribution in [3.8, 4) is 0 Å². The SMILES string of the molecule is C.C.C[Si](C)O[Si](C)(C)O[Si](C)C.[Y].[Y]. The van der Waals surface area contributed by atoms with Gasteiger partial charge in [0.15, 0.2) is 18.1 Å². The van der Waals surface area contributed by atoms with Gasteiger partial charge in [0.2, 0.25) is 0 Å². The van der Waals surface area contributed by atoms with E-state index >= 15 is 0 Å². The molecule has 2 nitrogen and oxygen atoms in total. The second-order valence-electron chi connectivity index (χ2n) is 3.42. The summed E-state index contributed by atoms with van der Waals surface area (Å²) in [5, 5.41) is 0. The molecule has 0 aliphatic rings. The van der Waals surface area contributed by atoms with Crippen molar-refractivity contribution in [2.45, 2.75) is 54.1 Å². The summed E-state index contributed by atoms with van der Waals surface area (Å²) in [5.74, 6) is 0. The number of hydrogen-bond acceptors (Lipinski definition) is 2. The molecule has 88 valence electrons. The van der Waals surface area contributed by atoms with E-state index in [9.17, 15) is 0 Å². The fourth-order valence-corrected chi connectivity index (χ4v) is 9.41. The van der Waals surface area contributed by atoms with E-state index in [1.54, 1.807) is 0 Å². The second kappa shape index (κ2) is 14.8. The molecule has 0 aromatic heterocycles. The summed E-state index contributed by atoms with van der Waals surface area (Å²) in [6.45, 7) is 12.9. The van der Waals surface area contributed by atoms with Crippen molar-refractivity contribution < 1.29 is 73.6 Å². The molecule has 4 radical (unpaired) electrons. The average molecular weight is 416 g/mol. The Morgan fingerprint density at radius 2 is 0.933 bits per heavy atom. The first-order chi connectivity index (χ1) is 4.83. The van der Waals surface area contributed by atoms with Crippen LogP contribution >= 0.6 is 0 Å². The molecule has 0 N–H and O–H groups in total. The Bertz CT molecular complexity index is 112. The third kappa shape index (κ3) is 22.4. The monoisotopic (exact) mass is 416 g/mol. The molecule has 0 aromatic carbocycles. The van der Waals surface area contributed by atoms with Crippen LogP contribution < -0.4 is 0 Å². The molecule has 0 atom stereocenters. The van der Waals surface area contributed by atoms with Crippen LogP contribution in [0.2, 0.25) is 39.3 Å². The Morgan fingerprint density at radius 1 is 0.733 bits per heavy atom. The van der Waals surface area contributed by atoms with E-state index < -0.39 is 26.6 Å². The normalized spacial score (nSPS) is 9.60. The van der Waals surface area contributed by atoms with E-state index in [1.807, 2.05) is 0 Å². The molecule has 0 rings (SSSR count). The van der Waals surface area contributed by atoms with Crippen LogP contribution in [0.15, 0.2) is 0 Å². The predicted molar refractivity (Wildman–Crippen MR) is 68.1 cm³/mol. The van der Waals surface area contributed by atoms with Crippen LogP contribution in [0, 0.1) is 0 Å². The minimum atomic E-state index is -1.74. The maximum absolute atomic E-state index is 5.79. The van der Waals surface area contributed by atoms with E-state index in [4.69, 9.17) is 8.23 Å². The van der Waals surface area contributed by atoms with Gasteiger partial charge in [-0.25, -0.2) is 0 Å². The summed E-state index contributed by atoms with van der Waals surface area (Å²) in [6, 6.07) is 0. The standard InChI is InChI=1S/C6H18O2Si3.2CH4.2Y/c1-9(2)7-11(5,6)8-10(3)4;;;;/h1-6H3;2*1H4;;. The van der Waals surface area contributed by atoms with Crippen LogP contribution in [-0.4, -0.2) is 26.6 Å².